The number of benzene rings is 1. The lowest BCUT2D eigenvalue weighted by atomic mass is 10.1. The minimum absolute atomic E-state index is 0.141. The van der Waals surface area contributed by atoms with Crippen LogP contribution in [-0.4, -0.2) is 31.5 Å². The number of aromatic nitrogens is 1. The summed E-state index contributed by atoms with van der Waals surface area (Å²) in [6.45, 7) is 2.85. The van der Waals surface area contributed by atoms with E-state index in [-0.39, 0.29) is 12.3 Å². The van der Waals surface area contributed by atoms with Crippen LogP contribution in [0.15, 0.2) is 30.5 Å². The molecule has 0 saturated heterocycles. The number of nitrogens with one attached hydrogen (secondary N) is 2. The van der Waals surface area contributed by atoms with Crippen molar-refractivity contribution in [3.63, 3.8) is 0 Å². The normalized spacial score (nSPS) is 13.3. The molecule has 0 spiro atoms. The van der Waals surface area contributed by atoms with E-state index in [2.05, 4.69) is 34.6 Å². The summed E-state index contributed by atoms with van der Waals surface area (Å²) in [6.07, 6.45) is 1.73. The third-order valence-electron chi connectivity index (χ3n) is 3.12. The maximum atomic E-state index is 5.22. The van der Waals surface area contributed by atoms with E-state index in [4.69, 9.17) is 9.47 Å². The summed E-state index contributed by atoms with van der Waals surface area (Å²) in [5.74, 6) is 0. The first kappa shape index (κ1) is 13.1. The zero-order valence-corrected chi connectivity index (χ0v) is 11.1. The van der Waals surface area contributed by atoms with Crippen molar-refractivity contribution in [3.8, 4) is 0 Å². The van der Waals surface area contributed by atoms with Crippen LogP contribution in [0.1, 0.15) is 12.5 Å². The van der Waals surface area contributed by atoms with Crippen LogP contribution in [0.25, 0.3) is 10.9 Å². The quantitative estimate of drug-likeness (QED) is 0.771. The molecule has 1 atom stereocenters. The number of aromatic amines is 1. The van der Waals surface area contributed by atoms with Crippen LogP contribution < -0.4 is 5.32 Å². The molecule has 0 radical (unpaired) electrons. The maximum Gasteiger partial charge on any atom is 0.171 e. The second-order valence-corrected chi connectivity index (χ2v) is 4.41. The van der Waals surface area contributed by atoms with Crippen LogP contribution in [0.2, 0.25) is 0 Å². The summed E-state index contributed by atoms with van der Waals surface area (Å²) in [5, 5.41) is 4.63. The van der Waals surface area contributed by atoms with Crippen molar-refractivity contribution in [1.82, 2.24) is 10.3 Å². The van der Waals surface area contributed by atoms with Crippen molar-refractivity contribution in [1.29, 1.82) is 0 Å². The first-order valence-corrected chi connectivity index (χ1v) is 6.09. The van der Waals surface area contributed by atoms with Crippen LogP contribution >= 0.6 is 0 Å². The largest absolute Gasteiger partial charge is 0.361 e. The van der Waals surface area contributed by atoms with Crippen LogP contribution in [0.3, 0.4) is 0 Å². The molecule has 0 bridgehead atoms. The molecule has 0 aliphatic heterocycles. The summed E-state index contributed by atoms with van der Waals surface area (Å²) in [7, 11) is 3.30. The molecule has 1 aromatic heterocycles. The molecule has 0 amide bonds. The summed E-state index contributed by atoms with van der Waals surface area (Å²) >= 11 is 0. The second kappa shape index (κ2) is 6.00. The molecule has 2 rings (SSSR count). The molecule has 98 valence electrons. The summed E-state index contributed by atoms with van der Waals surface area (Å²) in [5.41, 5.74) is 2.42. The van der Waals surface area contributed by atoms with E-state index >= 15 is 0 Å². The molecule has 0 fully saturated rings. The molecule has 0 aliphatic carbocycles. The minimum atomic E-state index is -0.221. The summed E-state index contributed by atoms with van der Waals surface area (Å²) in [4.78, 5) is 3.19. The Bertz CT molecular complexity index is 491. The van der Waals surface area contributed by atoms with Gasteiger partial charge in [-0.15, -0.1) is 0 Å². The van der Waals surface area contributed by atoms with Gasteiger partial charge in [-0.1, -0.05) is 6.07 Å². The van der Waals surface area contributed by atoms with E-state index in [0.717, 1.165) is 6.54 Å². The fourth-order valence-electron chi connectivity index (χ4n) is 2.09. The minimum Gasteiger partial charge on any atom is -0.361 e. The summed E-state index contributed by atoms with van der Waals surface area (Å²) < 4.78 is 10.4. The van der Waals surface area contributed by atoms with Gasteiger partial charge in [-0.25, -0.2) is 0 Å². The van der Waals surface area contributed by atoms with Crippen molar-refractivity contribution in [2.45, 2.75) is 25.8 Å². The van der Waals surface area contributed by atoms with E-state index in [0.29, 0.717) is 0 Å². The smallest absolute Gasteiger partial charge is 0.171 e. The van der Waals surface area contributed by atoms with E-state index in [1.165, 1.54) is 16.5 Å². The number of H-pyrrole nitrogens is 1. The highest BCUT2D eigenvalue weighted by Crippen LogP contribution is 2.14. The Morgan fingerprint density at radius 1 is 1.22 bits per heavy atom. The van der Waals surface area contributed by atoms with Gasteiger partial charge in [0.15, 0.2) is 6.29 Å². The Morgan fingerprint density at radius 2 is 2.00 bits per heavy atom. The predicted octanol–water partition coefficient (Wildman–Crippen LogP) is 2.26. The third kappa shape index (κ3) is 2.90. The number of hydrogen-bond donors (Lipinski definition) is 2. The van der Waals surface area contributed by atoms with E-state index in [9.17, 15) is 0 Å². The van der Waals surface area contributed by atoms with Gasteiger partial charge in [-0.05, 0) is 36.1 Å². The average molecular weight is 248 g/mol. The lowest BCUT2D eigenvalue weighted by molar-refractivity contribution is -0.119. The molecule has 1 unspecified atom stereocenters. The molecular weight excluding hydrogens is 228 g/mol. The molecule has 0 aliphatic rings. The van der Waals surface area contributed by atoms with Crippen molar-refractivity contribution in [3.05, 3.63) is 36.0 Å². The standard InChI is InChI=1S/C14H20N2O2/c1-10(14(17-2)18-3)16-9-11-4-5-13-12(8-11)6-7-15-13/h4-8,10,14-16H,9H2,1-3H3. The Labute approximate surface area is 107 Å². The highest BCUT2D eigenvalue weighted by molar-refractivity contribution is 5.79. The van der Waals surface area contributed by atoms with Gasteiger partial charge in [0.2, 0.25) is 0 Å². The van der Waals surface area contributed by atoms with Gasteiger partial charge in [0, 0.05) is 32.5 Å². The third-order valence-corrected chi connectivity index (χ3v) is 3.12. The Balaban J connectivity index is 1.96. The van der Waals surface area contributed by atoms with Gasteiger partial charge in [0.1, 0.15) is 0 Å². The maximum absolute atomic E-state index is 5.22. The summed E-state index contributed by atoms with van der Waals surface area (Å²) in [6, 6.07) is 8.62. The molecular formula is C14H20N2O2. The molecule has 1 heterocycles. The van der Waals surface area contributed by atoms with Gasteiger partial charge in [0.25, 0.3) is 0 Å². The zero-order valence-electron chi connectivity index (χ0n) is 11.1. The van der Waals surface area contributed by atoms with Gasteiger partial charge >= 0.3 is 0 Å². The number of rotatable bonds is 6. The zero-order chi connectivity index (χ0) is 13.0. The lowest BCUT2D eigenvalue weighted by Gasteiger charge is -2.22. The fraction of sp³-hybridized carbons (Fsp3) is 0.429. The fourth-order valence-corrected chi connectivity index (χ4v) is 2.09. The monoisotopic (exact) mass is 248 g/mol. The predicted molar refractivity (Wildman–Crippen MR) is 72.4 cm³/mol. The molecule has 18 heavy (non-hydrogen) atoms. The van der Waals surface area contributed by atoms with E-state index < -0.39 is 0 Å². The highest BCUT2D eigenvalue weighted by Gasteiger charge is 2.14. The van der Waals surface area contributed by atoms with Crippen molar-refractivity contribution < 1.29 is 9.47 Å². The van der Waals surface area contributed by atoms with Crippen molar-refractivity contribution in [2.24, 2.45) is 0 Å². The molecule has 0 saturated carbocycles. The van der Waals surface area contributed by atoms with E-state index in [1.807, 2.05) is 13.1 Å². The number of hydrogen-bond acceptors (Lipinski definition) is 3. The van der Waals surface area contributed by atoms with Crippen LogP contribution in [0.5, 0.6) is 0 Å². The molecule has 2 N–H and O–H groups in total. The van der Waals surface area contributed by atoms with Gasteiger partial charge in [0.05, 0.1) is 6.04 Å². The van der Waals surface area contributed by atoms with E-state index in [1.54, 1.807) is 14.2 Å². The Morgan fingerprint density at radius 3 is 2.72 bits per heavy atom. The van der Waals surface area contributed by atoms with Crippen LogP contribution in [0.4, 0.5) is 0 Å². The first-order chi connectivity index (χ1) is 8.74. The molecule has 4 heteroatoms. The first-order valence-electron chi connectivity index (χ1n) is 6.09. The van der Waals surface area contributed by atoms with Gasteiger partial charge in [-0.2, -0.15) is 0 Å². The lowest BCUT2D eigenvalue weighted by Crippen LogP contribution is -2.39. The number of ether oxygens (including phenoxy) is 2. The van der Waals surface area contributed by atoms with Crippen LogP contribution in [0, 0.1) is 0 Å². The second-order valence-electron chi connectivity index (χ2n) is 4.41. The topological polar surface area (TPSA) is 46.3 Å². The molecule has 4 nitrogen and oxygen atoms in total. The number of fused-ring (bicyclic) bond motifs is 1. The SMILES string of the molecule is COC(OC)C(C)NCc1ccc2[nH]ccc2c1. The van der Waals surface area contributed by atoms with Crippen LogP contribution in [-0.2, 0) is 16.0 Å². The Hall–Kier alpha value is -1.36. The van der Waals surface area contributed by atoms with Gasteiger partial charge < -0.3 is 19.8 Å². The van der Waals surface area contributed by atoms with Gasteiger partial charge in [-0.3, -0.25) is 0 Å². The highest BCUT2D eigenvalue weighted by atomic mass is 16.7. The molecule has 1 aromatic carbocycles. The van der Waals surface area contributed by atoms with Crippen molar-refractivity contribution >= 4 is 10.9 Å². The Kier molecular flexibility index (Phi) is 4.36. The number of methoxy groups -OCH3 is 2. The van der Waals surface area contributed by atoms with Crippen molar-refractivity contribution in [2.75, 3.05) is 14.2 Å². The molecule has 2 aromatic rings. The average Bonchev–Trinajstić information content (AvgIpc) is 2.85.